The molecule has 0 saturated heterocycles. The second-order valence-electron chi connectivity index (χ2n) is 6.56. The van der Waals surface area contributed by atoms with Crippen molar-refractivity contribution in [1.82, 2.24) is 4.98 Å². The third-order valence-electron chi connectivity index (χ3n) is 4.26. The zero-order chi connectivity index (χ0) is 20.8. The van der Waals surface area contributed by atoms with Crippen LogP contribution in [0.1, 0.15) is 24.5 Å². The van der Waals surface area contributed by atoms with Crippen molar-refractivity contribution in [2.45, 2.75) is 25.5 Å². The minimum Gasteiger partial charge on any atom is -0.302 e. The Morgan fingerprint density at radius 1 is 1.03 bits per heavy atom. The molecule has 0 aliphatic carbocycles. The van der Waals surface area contributed by atoms with Gasteiger partial charge in [0, 0.05) is 17.8 Å². The number of carbonyl (C=O) groups is 1. The molecule has 0 unspecified atom stereocenters. The van der Waals surface area contributed by atoms with Crippen molar-refractivity contribution in [3.63, 3.8) is 0 Å². The molecule has 0 aliphatic heterocycles. The van der Waals surface area contributed by atoms with Crippen molar-refractivity contribution in [1.29, 1.82) is 0 Å². The molecule has 8 heteroatoms. The molecule has 2 aromatic carbocycles. The van der Waals surface area contributed by atoms with Gasteiger partial charge in [0.1, 0.15) is 10.7 Å². The van der Waals surface area contributed by atoms with Gasteiger partial charge in [-0.05, 0) is 29.5 Å². The summed E-state index contributed by atoms with van der Waals surface area (Å²) in [5.74, 6) is -0.144. The topological polar surface area (TPSA) is 76.1 Å². The number of amides is 1. The number of thiazole rings is 1. The molecule has 1 N–H and O–H groups in total. The standard InChI is InChI=1S/C21H21BrN2O3S2/c1-14(25)23-21-24-19(17-8-4-15(5-9-17)3-2-12-22)20(28-21)18-10-6-16(7-11-18)13-29(26)27/h4-11,29H,2-3,12-13H2,1H3,(H,23,24,25). The highest BCUT2D eigenvalue weighted by atomic mass is 79.9. The summed E-state index contributed by atoms with van der Waals surface area (Å²) in [6, 6.07) is 15.7. The normalized spacial score (nSPS) is 11.0. The second-order valence-corrected chi connectivity index (χ2v) is 9.33. The van der Waals surface area contributed by atoms with Crippen LogP contribution in [0.15, 0.2) is 48.5 Å². The van der Waals surface area contributed by atoms with Crippen LogP contribution >= 0.6 is 27.3 Å². The number of hydrogen-bond donors (Lipinski definition) is 2. The summed E-state index contributed by atoms with van der Waals surface area (Å²) in [6.07, 6.45) is 2.09. The Hall–Kier alpha value is -2.03. The molecule has 3 aromatic rings. The van der Waals surface area contributed by atoms with E-state index in [0.717, 1.165) is 45.4 Å². The number of rotatable bonds is 8. The second kappa shape index (κ2) is 10.1. The van der Waals surface area contributed by atoms with E-state index in [-0.39, 0.29) is 11.7 Å². The Morgan fingerprint density at radius 2 is 1.66 bits per heavy atom. The molecule has 0 saturated carbocycles. The molecule has 0 aliphatic rings. The van der Waals surface area contributed by atoms with E-state index in [1.807, 2.05) is 24.3 Å². The Balaban J connectivity index is 1.97. The SMILES string of the molecule is CC(=O)Nc1nc(-c2ccc(CCCBr)cc2)c(-c2ccc(C[SH](=O)=O)cc2)s1. The Bertz CT molecular complexity index is 1050. The maximum absolute atomic E-state index is 11.5. The molecule has 0 radical (unpaired) electrons. The van der Waals surface area contributed by atoms with Gasteiger partial charge in [-0.3, -0.25) is 4.79 Å². The average molecular weight is 493 g/mol. The number of nitrogens with one attached hydrogen (secondary N) is 1. The predicted molar refractivity (Wildman–Crippen MR) is 123 cm³/mol. The van der Waals surface area contributed by atoms with E-state index in [2.05, 4.69) is 50.5 Å². The first-order valence-corrected chi connectivity index (χ1v) is 12.4. The third kappa shape index (κ3) is 5.98. The van der Waals surface area contributed by atoms with Crippen LogP contribution in [0, 0.1) is 0 Å². The number of anilines is 1. The largest absolute Gasteiger partial charge is 0.302 e. The first kappa shape index (κ1) is 21.7. The molecule has 0 spiro atoms. The molecule has 0 bridgehead atoms. The number of aromatic nitrogens is 1. The minimum absolute atomic E-state index is 0.0260. The fourth-order valence-electron chi connectivity index (χ4n) is 2.93. The Labute approximate surface area is 184 Å². The van der Waals surface area contributed by atoms with Gasteiger partial charge < -0.3 is 5.32 Å². The predicted octanol–water partition coefficient (Wildman–Crippen LogP) is 4.87. The number of nitrogens with zero attached hydrogens (tertiary/aromatic N) is 1. The molecule has 1 aromatic heterocycles. The maximum Gasteiger partial charge on any atom is 0.223 e. The molecule has 152 valence electrons. The lowest BCUT2D eigenvalue weighted by Gasteiger charge is -2.05. The van der Waals surface area contributed by atoms with Crippen LogP contribution in [0.25, 0.3) is 21.7 Å². The van der Waals surface area contributed by atoms with Gasteiger partial charge in [0.05, 0.1) is 16.3 Å². The number of hydrogen-bond acceptors (Lipinski definition) is 5. The summed E-state index contributed by atoms with van der Waals surface area (Å²) < 4.78 is 21.9. The molecule has 1 amide bonds. The van der Waals surface area contributed by atoms with Crippen LogP contribution in [0.4, 0.5) is 5.13 Å². The van der Waals surface area contributed by atoms with E-state index in [0.29, 0.717) is 5.13 Å². The third-order valence-corrected chi connectivity index (χ3v) is 6.47. The summed E-state index contributed by atoms with van der Waals surface area (Å²) >= 11 is 4.86. The molecule has 0 atom stereocenters. The fourth-order valence-corrected chi connectivity index (χ4v) is 4.75. The number of alkyl halides is 1. The van der Waals surface area contributed by atoms with Crippen LogP contribution in [0.2, 0.25) is 0 Å². The van der Waals surface area contributed by atoms with E-state index in [9.17, 15) is 13.2 Å². The highest BCUT2D eigenvalue weighted by Crippen LogP contribution is 2.39. The van der Waals surface area contributed by atoms with Gasteiger partial charge in [0.25, 0.3) is 0 Å². The van der Waals surface area contributed by atoms with Crippen LogP contribution in [0.5, 0.6) is 0 Å². The number of aryl methyl sites for hydroxylation is 1. The van der Waals surface area contributed by atoms with Crippen molar-refractivity contribution >= 4 is 49.0 Å². The van der Waals surface area contributed by atoms with Gasteiger partial charge in [-0.1, -0.05) is 75.8 Å². The summed E-state index contributed by atoms with van der Waals surface area (Å²) in [5, 5.41) is 4.28. The van der Waals surface area contributed by atoms with Crippen LogP contribution in [-0.4, -0.2) is 24.6 Å². The molecule has 1 heterocycles. The van der Waals surface area contributed by atoms with Gasteiger partial charge in [-0.25, -0.2) is 13.4 Å². The van der Waals surface area contributed by atoms with E-state index >= 15 is 0 Å². The number of halogens is 1. The molecular weight excluding hydrogens is 472 g/mol. The zero-order valence-electron chi connectivity index (χ0n) is 15.9. The van der Waals surface area contributed by atoms with Crippen molar-refractivity contribution in [2.75, 3.05) is 10.6 Å². The van der Waals surface area contributed by atoms with Crippen molar-refractivity contribution in [2.24, 2.45) is 0 Å². The lowest BCUT2D eigenvalue weighted by atomic mass is 10.0. The first-order valence-electron chi connectivity index (χ1n) is 9.11. The van der Waals surface area contributed by atoms with Gasteiger partial charge in [0.2, 0.25) is 5.91 Å². The van der Waals surface area contributed by atoms with Gasteiger partial charge >= 0.3 is 0 Å². The summed E-state index contributed by atoms with van der Waals surface area (Å²) in [6.45, 7) is 1.46. The summed E-state index contributed by atoms with van der Waals surface area (Å²) in [5.41, 5.74) is 4.72. The molecule has 3 rings (SSSR count). The first-order chi connectivity index (χ1) is 14.0. The lowest BCUT2D eigenvalue weighted by molar-refractivity contribution is -0.114. The molecule has 0 fully saturated rings. The van der Waals surface area contributed by atoms with Gasteiger partial charge in [-0.15, -0.1) is 0 Å². The van der Waals surface area contributed by atoms with E-state index in [1.165, 1.54) is 23.8 Å². The van der Waals surface area contributed by atoms with E-state index < -0.39 is 10.7 Å². The monoisotopic (exact) mass is 492 g/mol. The zero-order valence-corrected chi connectivity index (χ0v) is 19.1. The van der Waals surface area contributed by atoms with Crippen molar-refractivity contribution in [3.8, 4) is 21.7 Å². The quantitative estimate of drug-likeness (QED) is 0.347. The van der Waals surface area contributed by atoms with Crippen LogP contribution in [0.3, 0.4) is 0 Å². The van der Waals surface area contributed by atoms with Crippen molar-refractivity contribution < 1.29 is 13.2 Å². The summed E-state index contributed by atoms with van der Waals surface area (Å²) in [7, 11) is -2.46. The minimum atomic E-state index is -2.46. The van der Waals surface area contributed by atoms with Crippen molar-refractivity contribution in [3.05, 3.63) is 59.7 Å². The number of thiol groups is 1. The van der Waals surface area contributed by atoms with Crippen LogP contribution in [-0.2, 0) is 27.7 Å². The van der Waals surface area contributed by atoms with E-state index in [1.54, 1.807) is 0 Å². The van der Waals surface area contributed by atoms with Gasteiger partial charge in [0.15, 0.2) is 5.13 Å². The fraction of sp³-hybridized carbons (Fsp3) is 0.238. The summed E-state index contributed by atoms with van der Waals surface area (Å²) in [4.78, 5) is 17.1. The smallest absolute Gasteiger partial charge is 0.223 e. The number of benzene rings is 2. The molecule has 5 nitrogen and oxygen atoms in total. The lowest BCUT2D eigenvalue weighted by Crippen LogP contribution is -2.04. The van der Waals surface area contributed by atoms with Gasteiger partial charge in [-0.2, -0.15) is 0 Å². The molecule has 29 heavy (non-hydrogen) atoms. The number of carbonyl (C=O) groups excluding carboxylic acids is 1. The molecular formula is C21H21BrN2O3S2. The van der Waals surface area contributed by atoms with E-state index in [4.69, 9.17) is 0 Å². The Kier molecular flexibility index (Phi) is 7.57. The highest BCUT2D eigenvalue weighted by Gasteiger charge is 2.16. The van der Waals surface area contributed by atoms with Crippen LogP contribution < -0.4 is 5.32 Å². The Morgan fingerprint density at radius 3 is 2.24 bits per heavy atom. The average Bonchev–Trinajstić information content (AvgIpc) is 3.10. The maximum atomic E-state index is 11.5. The highest BCUT2D eigenvalue weighted by molar-refractivity contribution is 9.09.